The molecular weight excluding hydrogens is 234 g/mol. The van der Waals surface area contributed by atoms with Gasteiger partial charge in [-0.25, -0.2) is 4.74 Å². The summed E-state index contributed by atoms with van der Waals surface area (Å²) in [4.78, 5) is 11.9. The Morgan fingerprint density at radius 2 is 2.06 bits per heavy atom. The van der Waals surface area contributed by atoms with Crippen molar-refractivity contribution in [1.82, 2.24) is 4.73 Å². The predicted molar refractivity (Wildman–Crippen MR) is 68.3 cm³/mol. The Bertz CT molecular complexity index is 713. The van der Waals surface area contributed by atoms with Gasteiger partial charge < -0.3 is 15.1 Å². The van der Waals surface area contributed by atoms with Crippen LogP contribution < -0.4 is 4.43 Å². The molecule has 0 atom stereocenters. The van der Waals surface area contributed by atoms with Gasteiger partial charge in [-0.3, -0.25) is 0 Å². The van der Waals surface area contributed by atoms with Crippen molar-refractivity contribution >= 4 is 17.2 Å². The molecule has 18 heavy (non-hydrogen) atoms. The molecule has 0 saturated carbocycles. The number of hydrogen-bond acceptors (Lipinski definition) is 3. The summed E-state index contributed by atoms with van der Waals surface area (Å²) in [5.74, 6) is 0. The first-order valence-corrected chi connectivity index (χ1v) is 5.42. The minimum atomic E-state index is 0.253. The quantitative estimate of drug-likeness (QED) is 0.327. The summed E-state index contributed by atoms with van der Waals surface area (Å²) in [5, 5.41) is 22.9. The Morgan fingerprint density at radius 3 is 2.67 bits per heavy atom. The van der Waals surface area contributed by atoms with Gasteiger partial charge >= 0.3 is 0 Å². The lowest BCUT2D eigenvalue weighted by atomic mass is 10.2. The molecule has 94 valence electrons. The molecule has 0 aliphatic heterocycles. The second-order valence-corrected chi connectivity index (χ2v) is 4.18. The third kappa shape index (κ3) is 1.81. The van der Waals surface area contributed by atoms with E-state index in [9.17, 15) is 15.3 Å². The molecule has 2 aromatic rings. The van der Waals surface area contributed by atoms with Crippen LogP contribution >= 0.6 is 0 Å². The molecule has 0 unspecified atom stereocenters. The minimum absolute atomic E-state index is 0.253. The van der Waals surface area contributed by atoms with Crippen molar-refractivity contribution in [3.05, 3.63) is 50.5 Å². The van der Waals surface area contributed by atoms with E-state index in [0.717, 1.165) is 4.43 Å². The van der Waals surface area contributed by atoms with Gasteiger partial charge in [-0.15, -0.1) is 0 Å². The molecule has 6 heteroatoms. The van der Waals surface area contributed by atoms with Gasteiger partial charge in [0.1, 0.15) is 12.6 Å². The molecule has 0 aliphatic rings. The van der Waals surface area contributed by atoms with E-state index in [1.165, 1.54) is 19.3 Å². The number of nitrogens with zero attached hydrogens (tertiary/aromatic N) is 3. The van der Waals surface area contributed by atoms with Gasteiger partial charge in [-0.2, -0.15) is 0 Å². The molecule has 6 nitrogen and oxygen atoms in total. The third-order valence-electron chi connectivity index (χ3n) is 2.90. The third-order valence-corrected chi connectivity index (χ3v) is 2.90. The molecular formula is C12H13N3O3. The zero-order valence-corrected chi connectivity index (χ0v) is 10.4. The average molecular weight is 247 g/mol. The number of hydroxylamine groups is 1. The summed E-state index contributed by atoms with van der Waals surface area (Å²) in [6.45, 7) is 3.19. The van der Waals surface area contributed by atoms with E-state index >= 15 is 0 Å². The van der Waals surface area contributed by atoms with Crippen LogP contribution in [0.15, 0.2) is 18.2 Å². The lowest BCUT2D eigenvalue weighted by molar-refractivity contribution is -0.473. The first-order valence-electron chi connectivity index (χ1n) is 5.42. The number of benzene rings is 1. The van der Waals surface area contributed by atoms with Crippen LogP contribution in [-0.2, 0) is 0 Å². The molecule has 1 aromatic carbocycles. The lowest BCUT2D eigenvalue weighted by Gasteiger charge is -2.15. The van der Waals surface area contributed by atoms with E-state index < -0.39 is 0 Å². The van der Waals surface area contributed by atoms with Crippen molar-refractivity contribution in [1.29, 1.82) is 0 Å². The highest BCUT2D eigenvalue weighted by molar-refractivity contribution is 5.84. The van der Waals surface area contributed by atoms with E-state index in [-0.39, 0.29) is 5.52 Å². The number of rotatable bonds is 1. The van der Waals surface area contributed by atoms with Gasteiger partial charge in [0.2, 0.25) is 0 Å². The smallest absolute Gasteiger partial charge is 0.286 e. The number of hydrogen-bond donors (Lipinski definition) is 0. The van der Waals surface area contributed by atoms with Gasteiger partial charge in [0.15, 0.2) is 6.21 Å². The average Bonchev–Trinajstić information content (AvgIpc) is 2.33. The molecule has 0 N–H and O–H groups in total. The van der Waals surface area contributed by atoms with Crippen molar-refractivity contribution < 1.29 is 9.17 Å². The van der Waals surface area contributed by atoms with Crippen molar-refractivity contribution in [3.8, 4) is 0 Å². The Labute approximate surface area is 103 Å². The summed E-state index contributed by atoms with van der Waals surface area (Å²) in [7, 11) is 1.35. The van der Waals surface area contributed by atoms with Gasteiger partial charge in [-0.1, -0.05) is 0 Å². The fourth-order valence-electron chi connectivity index (χ4n) is 1.82. The van der Waals surface area contributed by atoms with Gasteiger partial charge in [0.05, 0.1) is 10.1 Å². The second-order valence-electron chi connectivity index (χ2n) is 4.18. The van der Waals surface area contributed by atoms with E-state index in [1.807, 2.05) is 0 Å². The monoisotopic (exact) mass is 247 g/mol. The minimum Gasteiger partial charge on any atom is -0.805 e. The van der Waals surface area contributed by atoms with Crippen LogP contribution in [0.25, 0.3) is 11.0 Å². The van der Waals surface area contributed by atoms with Crippen molar-refractivity contribution in [2.45, 2.75) is 13.8 Å². The molecule has 1 aromatic heterocycles. The Hall–Kier alpha value is -2.37. The van der Waals surface area contributed by atoms with Gasteiger partial charge in [0.25, 0.3) is 11.2 Å². The predicted octanol–water partition coefficient (Wildman–Crippen LogP) is 1.08. The molecule has 0 bridgehead atoms. The van der Waals surface area contributed by atoms with Crippen LogP contribution in [0.3, 0.4) is 0 Å². The normalized spacial score (nSPS) is 12.1. The highest BCUT2D eigenvalue weighted by atomic mass is 16.5. The molecule has 0 radical (unpaired) electrons. The van der Waals surface area contributed by atoms with Crippen LogP contribution in [0, 0.1) is 29.2 Å². The fourth-order valence-corrected chi connectivity index (χ4v) is 1.82. The molecule has 2 rings (SSSR count). The Balaban J connectivity index is 2.86. The highest BCUT2D eigenvalue weighted by Crippen LogP contribution is 2.14. The molecule has 0 fully saturated rings. The SMILES string of the molecule is Cc1c(C)[n+](=O)c2ccc(/C=[N+](\C)[O-])cc2n1[O-]. The second kappa shape index (κ2) is 4.14. The summed E-state index contributed by atoms with van der Waals surface area (Å²) in [5.41, 5.74) is 1.84. The van der Waals surface area contributed by atoms with Gasteiger partial charge in [-0.05, 0) is 19.1 Å². The fraction of sp³-hybridized carbons (Fsp3) is 0.250. The molecule has 0 amide bonds. The molecule has 0 saturated heterocycles. The maximum absolute atomic E-state index is 12.0. The summed E-state index contributed by atoms with van der Waals surface area (Å²) >= 11 is 0. The van der Waals surface area contributed by atoms with E-state index in [2.05, 4.69) is 0 Å². The maximum atomic E-state index is 12.0. The maximum Gasteiger partial charge on any atom is 0.286 e. The van der Waals surface area contributed by atoms with Crippen molar-refractivity contribution in [3.63, 3.8) is 0 Å². The van der Waals surface area contributed by atoms with Crippen molar-refractivity contribution in [2.75, 3.05) is 7.05 Å². The zero-order chi connectivity index (χ0) is 13.4. The largest absolute Gasteiger partial charge is 0.805 e. The van der Waals surface area contributed by atoms with E-state index in [1.54, 1.807) is 26.0 Å². The number of aromatic nitrogens is 2. The summed E-state index contributed by atoms with van der Waals surface area (Å²) in [6, 6.07) is 4.69. The lowest BCUT2D eigenvalue weighted by Crippen LogP contribution is -2.24. The molecule has 0 spiro atoms. The van der Waals surface area contributed by atoms with Crippen LogP contribution in [-0.4, -0.2) is 22.7 Å². The Morgan fingerprint density at radius 1 is 1.39 bits per heavy atom. The summed E-state index contributed by atoms with van der Waals surface area (Å²) in [6.07, 6.45) is 1.34. The topological polar surface area (TPSA) is 77.0 Å². The van der Waals surface area contributed by atoms with Crippen LogP contribution in [0.5, 0.6) is 0 Å². The zero-order valence-electron chi connectivity index (χ0n) is 10.4. The standard InChI is InChI=1S/C12H13N3O3/c1-8-9(2)15(18)12-6-10(7-13(3)16)4-5-11(12)14(8)17/h4-7H,1-3H3/b13-7+. The van der Waals surface area contributed by atoms with Crippen LogP contribution in [0.1, 0.15) is 17.0 Å². The van der Waals surface area contributed by atoms with Gasteiger partial charge in [0, 0.05) is 23.5 Å². The Kier molecular flexibility index (Phi) is 2.78. The molecule has 0 aliphatic carbocycles. The molecule has 1 heterocycles. The first kappa shape index (κ1) is 12.1. The van der Waals surface area contributed by atoms with E-state index in [4.69, 9.17) is 0 Å². The van der Waals surface area contributed by atoms with E-state index in [0.29, 0.717) is 31.9 Å². The van der Waals surface area contributed by atoms with Crippen molar-refractivity contribution in [2.24, 2.45) is 0 Å². The van der Waals surface area contributed by atoms with Crippen LogP contribution in [0.2, 0.25) is 0 Å². The number of fused-ring (bicyclic) bond motifs is 1. The summed E-state index contributed by atoms with van der Waals surface area (Å²) < 4.78 is 2.08. The highest BCUT2D eigenvalue weighted by Gasteiger charge is 2.15. The van der Waals surface area contributed by atoms with Crippen LogP contribution in [0.4, 0.5) is 0 Å². The first-order chi connectivity index (χ1) is 8.41.